The Morgan fingerprint density at radius 1 is 1.60 bits per heavy atom. The first-order valence-electron chi connectivity index (χ1n) is 3.20. The Labute approximate surface area is 58.4 Å². The topological polar surface area (TPSA) is 53.1 Å². The van der Waals surface area contributed by atoms with Crippen LogP contribution in [0.3, 0.4) is 0 Å². The van der Waals surface area contributed by atoms with Gasteiger partial charge < -0.3 is 10.3 Å². The van der Waals surface area contributed by atoms with Crippen LogP contribution in [0.15, 0.2) is 17.4 Å². The van der Waals surface area contributed by atoms with E-state index >= 15 is 0 Å². The van der Waals surface area contributed by atoms with Gasteiger partial charge in [-0.3, -0.25) is 4.99 Å². The Morgan fingerprint density at radius 3 is 3.20 bits per heavy atom. The lowest BCUT2D eigenvalue weighted by Gasteiger charge is -2.03. The third-order valence-electron chi connectivity index (χ3n) is 1.50. The van der Waals surface area contributed by atoms with Crippen molar-refractivity contribution in [3.8, 4) is 0 Å². The second-order valence-corrected chi connectivity index (χ2v) is 2.19. The molecule has 0 aromatic carbocycles. The Kier molecular flexibility index (Phi) is 1.16. The largest absolute Gasteiger partial charge is 0.365 e. The smallest absolute Gasteiger partial charge is 0.130 e. The fourth-order valence-corrected chi connectivity index (χ4v) is 0.987. The minimum atomic E-state index is 0.259. The molecule has 0 radical (unpaired) electrons. The summed E-state index contributed by atoms with van der Waals surface area (Å²) in [6.45, 7) is 0.785. The molecule has 2 rings (SSSR count). The lowest BCUT2D eigenvalue weighted by atomic mass is 10.3. The zero-order valence-electron chi connectivity index (χ0n) is 5.41. The highest BCUT2D eigenvalue weighted by molar-refractivity contribution is 5.57. The maximum Gasteiger partial charge on any atom is 0.130 e. The van der Waals surface area contributed by atoms with Gasteiger partial charge in [-0.15, -0.1) is 0 Å². The fourth-order valence-electron chi connectivity index (χ4n) is 0.987. The van der Waals surface area contributed by atoms with Crippen LogP contribution in [0.5, 0.6) is 0 Å². The molecule has 1 aliphatic heterocycles. The Hall–Kier alpha value is -1.32. The lowest BCUT2D eigenvalue weighted by molar-refractivity contribution is 0.669. The zero-order chi connectivity index (χ0) is 6.81. The molecule has 0 spiro atoms. The average molecular weight is 136 g/mol. The van der Waals surface area contributed by atoms with Gasteiger partial charge in [0.05, 0.1) is 12.9 Å². The minimum Gasteiger partial charge on any atom is -0.365 e. The number of nitrogens with zero attached hydrogens (tertiary/aromatic N) is 2. The van der Waals surface area contributed by atoms with Gasteiger partial charge in [-0.05, 0) is 0 Å². The van der Waals surface area contributed by atoms with Crippen LogP contribution < -0.4 is 5.32 Å². The zero-order valence-corrected chi connectivity index (χ0v) is 5.41. The Bertz CT molecular complexity index is 218. The van der Waals surface area contributed by atoms with Crippen molar-refractivity contribution in [3.05, 3.63) is 18.2 Å². The lowest BCUT2D eigenvalue weighted by Crippen LogP contribution is -2.16. The van der Waals surface area contributed by atoms with Crippen molar-refractivity contribution in [2.24, 2.45) is 4.99 Å². The molecule has 1 aromatic rings. The number of aromatic amines is 1. The molecule has 0 fully saturated rings. The van der Waals surface area contributed by atoms with Crippen molar-refractivity contribution in [1.29, 1.82) is 0 Å². The van der Waals surface area contributed by atoms with Crippen LogP contribution in [0.25, 0.3) is 0 Å². The quantitative estimate of drug-likeness (QED) is 0.574. The summed E-state index contributed by atoms with van der Waals surface area (Å²) >= 11 is 0. The molecule has 2 N–H and O–H groups in total. The van der Waals surface area contributed by atoms with Gasteiger partial charge in [0.25, 0.3) is 0 Å². The molecule has 0 aliphatic carbocycles. The second kappa shape index (κ2) is 2.13. The van der Waals surface area contributed by atoms with Gasteiger partial charge in [0.2, 0.25) is 0 Å². The molecule has 0 saturated heterocycles. The van der Waals surface area contributed by atoms with E-state index in [1.807, 2.05) is 6.20 Å². The number of aromatic nitrogens is 2. The number of H-pyrrole nitrogens is 1. The van der Waals surface area contributed by atoms with E-state index in [1.165, 1.54) is 0 Å². The fraction of sp³-hybridized carbons (Fsp3) is 0.333. The SMILES string of the molecule is C1=NCC(c2ncc[nH]2)N1. The van der Waals surface area contributed by atoms with Gasteiger partial charge in [0.15, 0.2) is 0 Å². The van der Waals surface area contributed by atoms with Crippen molar-refractivity contribution in [2.45, 2.75) is 6.04 Å². The molecular formula is C6H8N4. The van der Waals surface area contributed by atoms with E-state index in [-0.39, 0.29) is 6.04 Å². The van der Waals surface area contributed by atoms with E-state index in [2.05, 4.69) is 20.3 Å². The van der Waals surface area contributed by atoms with Crippen molar-refractivity contribution < 1.29 is 0 Å². The monoisotopic (exact) mass is 136 g/mol. The van der Waals surface area contributed by atoms with Crippen molar-refractivity contribution in [3.63, 3.8) is 0 Å². The van der Waals surface area contributed by atoms with E-state index < -0.39 is 0 Å². The van der Waals surface area contributed by atoms with Crippen LogP contribution >= 0.6 is 0 Å². The first kappa shape index (κ1) is 5.46. The summed E-state index contributed by atoms with van der Waals surface area (Å²) in [6, 6.07) is 0.259. The summed E-state index contributed by atoms with van der Waals surface area (Å²) in [7, 11) is 0. The Balaban J connectivity index is 2.14. The molecule has 0 amide bonds. The maximum absolute atomic E-state index is 4.10. The molecule has 0 bridgehead atoms. The minimum absolute atomic E-state index is 0.259. The highest BCUT2D eigenvalue weighted by Gasteiger charge is 2.13. The summed E-state index contributed by atoms with van der Waals surface area (Å²) < 4.78 is 0. The third kappa shape index (κ3) is 0.775. The molecule has 1 aliphatic rings. The van der Waals surface area contributed by atoms with Gasteiger partial charge in [-0.2, -0.15) is 0 Å². The number of rotatable bonds is 1. The molecule has 1 unspecified atom stereocenters. The van der Waals surface area contributed by atoms with Crippen LogP contribution in [0, 0.1) is 0 Å². The molecule has 0 saturated carbocycles. The molecule has 1 aromatic heterocycles. The molecule has 2 heterocycles. The van der Waals surface area contributed by atoms with Gasteiger partial charge in [-0.1, -0.05) is 0 Å². The van der Waals surface area contributed by atoms with Crippen molar-refractivity contribution in [1.82, 2.24) is 15.3 Å². The third-order valence-corrected chi connectivity index (χ3v) is 1.50. The summed E-state index contributed by atoms with van der Waals surface area (Å²) in [4.78, 5) is 11.2. The molecular weight excluding hydrogens is 128 g/mol. The molecule has 4 heteroatoms. The molecule has 4 nitrogen and oxygen atoms in total. The average Bonchev–Trinajstić information content (AvgIpc) is 2.59. The highest BCUT2D eigenvalue weighted by atomic mass is 15.1. The predicted octanol–water partition coefficient (Wildman–Crippen LogP) is 0.0823. The highest BCUT2D eigenvalue weighted by Crippen LogP contribution is 2.08. The van der Waals surface area contributed by atoms with E-state index in [0.717, 1.165) is 12.4 Å². The summed E-state index contributed by atoms with van der Waals surface area (Å²) in [5.74, 6) is 0.956. The summed E-state index contributed by atoms with van der Waals surface area (Å²) in [5, 5.41) is 3.07. The van der Waals surface area contributed by atoms with Gasteiger partial charge in [-0.25, -0.2) is 4.98 Å². The van der Waals surface area contributed by atoms with Crippen LogP contribution in [-0.2, 0) is 0 Å². The van der Waals surface area contributed by atoms with Gasteiger partial charge in [0, 0.05) is 12.4 Å². The van der Waals surface area contributed by atoms with Crippen LogP contribution in [-0.4, -0.2) is 22.9 Å². The standard InChI is InChI=1S/C6H8N4/c1-2-9-6(8-1)5-3-7-4-10-5/h1-2,4-5H,3H2,(H,7,10)(H,8,9). The number of nitrogens with one attached hydrogen (secondary N) is 2. The maximum atomic E-state index is 4.10. The van der Waals surface area contributed by atoms with E-state index in [4.69, 9.17) is 0 Å². The Morgan fingerprint density at radius 2 is 2.60 bits per heavy atom. The van der Waals surface area contributed by atoms with Crippen LogP contribution in [0.1, 0.15) is 11.9 Å². The number of hydrogen-bond acceptors (Lipinski definition) is 3. The summed E-state index contributed by atoms with van der Waals surface area (Å²) in [5.41, 5.74) is 0. The number of hydrogen-bond donors (Lipinski definition) is 2. The van der Waals surface area contributed by atoms with Crippen molar-refractivity contribution in [2.75, 3.05) is 6.54 Å². The number of imidazole rings is 1. The van der Waals surface area contributed by atoms with Crippen LogP contribution in [0.2, 0.25) is 0 Å². The first-order valence-corrected chi connectivity index (χ1v) is 3.20. The van der Waals surface area contributed by atoms with Gasteiger partial charge >= 0.3 is 0 Å². The second-order valence-electron chi connectivity index (χ2n) is 2.19. The van der Waals surface area contributed by atoms with E-state index in [0.29, 0.717) is 0 Å². The van der Waals surface area contributed by atoms with Crippen LogP contribution in [0.4, 0.5) is 0 Å². The number of aliphatic imine (C=N–C) groups is 1. The summed E-state index contributed by atoms with van der Waals surface area (Å²) in [6.07, 6.45) is 5.28. The predicted molar refractivity (Wildman–Crippen MR) is 37.8 cm³/mol. The molecule has 1 atom stereocenters. The van der Waals surface area contributed by atoms with Gasteiger partial charge in [0.1, 0.15) is 11.9 Å². The van der Waals surface area contributed by atoms with Crippen molar-refractivity contribution >= 4 is 6.34 Å². The molecule has 52 valence electrons. The van der Waals surface area contributed by atoms with E-state index in [9.17, 15) is 0 Å². The normalized spacial score (nSPS) is 23.0. The molecule has 10 heavy (non-hydrogen) atoms. The first-order chi connectivity index (χ1) is 4.97. The van der Waals surface area contributed by atoms with E-state index in [1.54, 1.807) is 12.5 Å².